The fourth-order valence-corrected chi connectivity index (χ4v) is 1.69. The molecule has 1 atom stereocenters. The van der Waals surface area contributed by atoms with Gasteiger partial charge in [-0.25, -0.2) is 0 Å². The van der Waals surface area contributed by atoms with Gasteiger partial charge in [0, 0.05) is 24.6 Å². The smallest absolute Gasteiger partial charge is 0.231 e. The van der Waals surface area contributed by atoms with Crippen molar-refractivity contribution in [2.24, 2.45) is 0 Å². The van der Waals surface area contributed by atoms with Crippen LogP contribution in [0.25, 0.3) is 0 Å². The zero-order valence-electron chi connectivity index (χ0n) is 7.97. The van der Waals surface area contributed by atoms with Crippen molar-refractivity contribution in [1.29, 1.82) is 0 Å². The van der Waals surface area contributed by atoms with Gasteiger partial charge in [-0.2, -0.15) is 0 Å². The molecule has 0 spiro atoms. The Morgan fingerprint density at radius 3 is 3.33 bits per heavy atom. The average Bonchev–Trinajstić information content (AvgIpc) is 2.71. The number of carbonyl (C=O) groups is 1. The fraction of sp³-hybridized carbons (Fsp3) is 0.714. The van der Waals surface area contributed by atoms with E-state index in [0.29, 0.717) is 24.7 Å². The van der Waals surface area contributed by atoms with E-state index in [1.54, 1.807) is 0 Å². The maximum atomic E-state index is 11.5. The van der Waals surface area contributed by atoms with Crippen LogP contribution in [0.5, 0.6) is 0 Å². The molecule has 7 nitrogen and oxygen atoms in total. The highest BCUT2D eigenvalue weighted by Gasteiger charge is 2.17. The Hall–Kier alpha value is -1.12. The SMILES string of the molecule is O=C(CC1CNCCO1)Nc1nnns1. The summed E-state index contributed by atoms with van der Waals surface area (Å²) in [5.74, 6) is -0.123. The van der Waals surface area contributed by atoms with Crippen LogP contribution in [0.1, 0.15) is 6.42 Å². The van der Waals surface area contributed by atoms with Crippen molar-refractivity contribution in [3.05, 3.63) is 0 Å². The van der Waals surface area contributed by atoms with Gasteiger partial charge in [-0.3, -0.25) is 10.1 Å². The largest absolute Gasteiger partial charge is 0.375 e. The molecule has 1 aliphatic heterocycles. The standard InChI is InChI=1S/C7H11N5O2S/c13-6(9-7-10-11-12-15-7)3-5-4-8-1-2-14-5/h5,8H,1-4H2,(H,9,10,12,13). The molecule has 1 aromatic heterocycles. The van der Waals surface area contributed by atoms with E-state index in [0.717, 1.165) is 18.1 Å². The Morgan fingerprint density at radius 2 is 2.67 bits per heavy atom. The lowest BCUT2D eigenvalue weighted by atomic mass is 10.2. The Bertz CT molecular complexity index is 311. The van der Waals surface area contributed by atoms with Gasteiger partial charge in [0.05, 0.1) is 19.1 Å². The third kappa shape index (κ3) is 3.18. The molecule has 1 amide bonds. The highest BCUT2D eigenvalue weighted by Crippen LogP contribution is 2.07. The number of amides is 1. The number of carbonyl (C=O) groups excluding carboxylic acids is 1. The van der Waals surface area contributed by atoms with Gasteiger partial charge in [0.15, 0.2) is 0 Å². The van der Waals surface area contributed by atoms with E-state index in [1.165, 1.54) is 0 Å². The predicted molar refractivity (Wildman–Crippen MR) is 53.6 cm³/mol. The van der Waals surface area contributed by atoms with Gasteiger partial charge in [-0.05, 0) is 5.21 Å². The Morgan fingerprint density at radius 1 is 1.73 bits per heavy atom. The van der Waals surface area contributed by atoms with E-state index in [2.05, 4.69) is 25.4 Å². The molecular formula is C7H11N5O2S. The van der Waals surface area contributed by atoms with Crippen LogP contribution < -0.4 is 10.6 Å². The van der Waals surface area contributed by atoms with E-state index < -0.39 is 0 Å². The number of rotatable bonds is 3. The maximum absolute atomic E-state index is 11.5. The summed E-state index contributed by atoms with van der Waals surface area (Å²) in [6.45, 7) is 2.21. The molecule has 0 aliphatic carbocycles. The lowest BCUT2D eigenvalue weighted by Crippen LogP contribution is -2.40. The van der Waals surface area contributed by atoms with Gasteiger partial charge in [0.25, 0.3) is 0 Å². The molecule has 2 heterocycles. The van der Waals surface area contributed by atoms with Gasteiger partial charge >= 0.3 is 0 Å². The summed E-state index contributed by atoms with van der Waals surface area (Å²) in [6.07, 6.45) is 0.270. The normalized spacial score (nSPS) is 21.2. The molecule has 1 fully saturated rings. The predicted octanol–water partition coefficient (Wildman–Crippen LogP) is -0.750. The van der Waals surface area contributed by atoms with Crippen molar-refractivity contribution in [1.82, 2.24) is 20.1 Å². The number of ether oxygens (including phenoxy) is 1. The van der Waals surface area contributed by atoms with Crippen molar-refractivity contribution in [3.8, 4) is 0 Å². The Labute approximate surface area is 90.4 Å². The monoisotopic (exact) mass is 229 g/mol. The molecule has 0 bridgehead atoms. The number of nitrogens with one attached hydrogen (secondary N) is 2. The topological polar surface area (TPSA) is 89.0 Å². The van der Waals surface area contributed by atoms with Crippen LogP contribution in [-0.4, -0.2) is 46.5 Å². The highest BCUT2D eigenvalue weighted by atomic mass is 32.1. The molecule has 2 rings (SSSR count). The molecule has 82 valence electrons. The van der Waals surface area contributed by atoms with Crippen LogP contribution in [0.3, 0.4) is 0 Å². The Kier molecular flexibility index (Phi) is 3.54. The van der Waals surface area contributed by atoms with E-state index in [4.69, 9.17) is 4.74 Å². The first-order valence-electron chi connectivity index (χ1n) is 4.62. The average molecular weight is 229 g/mol. The minimum Gasteiger partial charge on any atom is -0.375 e. The van der Waals surface area contributed by atoms with E-state index in [1.807, 2.05) is 0 Å². The second-order valence-corrected chi connectivity index (χ2v) is 3.85. The van der Waals surface area contributed by atoms with Crippen LogP contribution in [0.2, 0.25) is 0 Å². The van der Waals surface area contributed by atoms with Crippen LogP contribution >= 0.6 is 11.5 Å². The first kappa shape index (κ1) is 10.4. The molecule has 1 aromatic rings. The molecule has 2 N–H and O–H groups in total. The van der Waals surface area contributed by atoms with Crippen molar-refractivity contribution in [3.63, 3.8) is 0 Å². The number of nitrogens with zero attached hydrogens (tertiary/aromatic N) is 3. The zero-order valence-corrected chi connectivity index (χ0v) is 8.79. The first-order chi connectivity index (χ1) is 7.34. The van der Waals surface area contributed by atoms with E-state index in [9.17, 15) is 4.79 Å². The quantitative estimate of drug-likeness (QED) is 0.709. The van der Waals surface area contributed by atoms with Crippen LogP contribution in [-0.2, 0) is 9.53 Å². The highest BCUT2D eigenvalue weighted by molar-refractivity contribution is 7.09. The summed E-state index contributed by atoms with van der Waals surface area (Å²) in [5.41, 5.74) is 0. The molecule has 0 saturated carbocycles. The van der Waals surface area contributed by atoms with Crippen molar-refractivity contribution in [2.75, 3.05) is 25.0 Å². The summed E-state index contributed by atoms with van der Waals surface area (Å²) >= 11 is 1.05. The molecule has 0 radical (unpaired) electrons. The number of aromatic nitrogens is 3. The molecule has 1 saturated heterocycles. The molecular weight excluding hydrogens is 218 g/mol. The number of hydrogen-bond acceptors (Lipinski definition) is 7. The number of anilines is 1. The molecule has 15 heavy (non-hydrogen) atoms. The molecule has 0 aromatic carbocycles. The van der Waals surface area contributed by atoms with Crippen molar-refractivity contribution >= 4 is 22.6 Å². The van der Waals surface area contributed by atoms with Crippen LogP contribution in [0, 0.1) is 0 Å². The van der Waals surface area contributed by atoms with Crippen molar-refractivity contribution < 1.29 is 9.53 Å². The zero-order chi connectivity index (χ0) is 10.5. The maximum Gasteiger partial charge on any atom is 0.231 e. The lowest BCUT2D eigenvalue weighted by Gasteiger charge is -2.22. The van der Waals surface area contributed by atoms with Gasteiger partial charge in [0.1, 0.15) is 0 Å². The lowest BCUT2D eigenvalue weighted by molar-refractivity contribution is -0.119. The van der Waals surface area contributed by atoms with Gasteiger partial charge in [-0.15, -0.1) is 0 Å². The molecule has 8 heteroatoms. The third-order valence-corrected chi connectivity index (χ3v) is 2.47. The second kappa shape index (κ2) is 5.10. The van der Waals surface area contributed by atoms with Crippen molar-refractivity contribution in [2.45, 2.75) is 12.5 Å². The van der Waals surface area contributed by atoms with Gasteiger partial charge in [0.2, 0.25) is 11.0 Å². The molecule has 1 unspecified atom stereocenters. The minimum atomic E-state index is -0.123. The van der Waals surface area contributed by atoms with Gasteiger partial charge < -0.3 is 10.1 Å². The van der Waals surface area contributed by atoms with Gasteiger partial charge in [-0.1, -0.05) is 9.59 Å². The van der Waals surface area contributed by atoms with E-state index >= 15 is 0 Å². The van der Waals surface area contributed by atoms with Crippen LogP contribution in [0.4, 0.5) is 5.13 Å². The minimum absolute atomic E-state index is 0.0559. The fourth-order valence-electron chi connectivity index (χ4n) is 1.31. The summed E-state index contributed by atoms with van der Waals surface area (Å²) < 4.78 is 8.94. The summed E-state index contributed by atoms with van der Waals surface area (Å²) in [4.78, 5) is 11.5. The summed E-state index contributed by atoms with van der Waals surface area (Å²) in [5, 5.41) is 13.2. The summed E-state index contributed by atoms with van der Waals surface area (Å²) in [7, 11) is 0. The number of morpholine rings is 1. The van der Waals surface area contributed by atoms with E-state index in [-0.39, 0.29) is 12.0 Å². The second-order valence-electron chi connectivity index (χ2n) is 3.12. The van der Waals surface area contributed by atoms with Crippen LogP contribution in [0.15, 0.2) is 0 Å². The first-order valence-corrected chi connectivity index (χ1v) is 5.39. The third-order valence-electron chi connectivity index (χ3n) is 1.96. The number of hydrogen-bond donors (Lipinski definition) is 2. The Balaban J connectivity index is 1.76. The molecule has 1 aliphatic rings. The summed E-state index contributed by atoms with van der Waals surface area (Å²) in [6, 6.07) is 0.